The van der Waals surface area contributed by atoms with Crippen LogP contribution in [0.4, 0.5) is 0 Å². The average molecular weight is 282 g/mol. The van der Waals surface area contributed by atoms with Gasteiger partial charge in [0.05, 0.1) is 18.1 Å². The zero-order valence-corrected chi connectivity index (χ0v) is 12.2. The second kappa shape index (κ2) is 7.21. The number of aryl methyl sites for hydroxylation is 1. The molecule has 0 aliphatic heterocycles. The zero-order valence-electron chi connectivity index (χ0n) is 12.2. The van der Waals surface area contributed by atoms with Gasteiger partial charge >= 0.3 is 0 Å². The van der Waals surface area contributed by atoms with Gasteiger partial charge < -0.3 is 10.2 Å². The molecule has 0 aliphatic carbocycles. The predicted octanol–water partition coefficient (Wildman–Crippen LogP) is 3.10. The van der Waals surface area contributed by atoms with E-state index in [1.165, 1.54) is 5.56 Å². The summed E-state index contributed by atoms with van der Waals surface area (Å²) in [5.41, 5.74) is 1.26. The lowest BCUT2D eigenvalue weighted by atomic mass is 9.74. The first-order valence-electron chi connectivity index (χ1n) is 7.25. The largest absolute Gasteiger partial charge is 0.395 e. The van der Waals surface area contributed by atoms with E-state index in [2.05, 4.69) is 6.58 Å². The maximum Gasteiger partial charge on any atom is 0.0696 e. The summed E-state index contributed by atoms with van der Waals surface area (Å²) in [5.74, 6) is 0. The molecule has 0 aromatic heterocycles. The van der Waals surface area contributed by atoms with Gasteiger partial charge in [0.1, 0.15) is 0 Å². The minimum atomic E-state index is -0.809. The average Bonchev–Trinajstić information content (AvgIpc) is 2.56. The van der Waals surface area contributed by atoms with Crippen molar-refractivity contribution in [3.63, 3.8) is 0 Å². The maximum atomic E-state index is 10.6. The van der Waals surface area contributed by atoms with Crippen LogP contribution < -0.4 is 0 Å². The monoisotopic (exact) mass is 282 g/mol. The topological polar surface area (TPSA) is 40.5 Å². The Balaban J connectivity index is 2.16. The first kappa shape index (κ1) is 15.5. The molecule has 2 aromatic carbocycles. The summed E-state index contributed by atoms with van der Waals surface area (Å²) in [6, 6.07) is 19.6. The van der Waals surface area contributed by atoms with Crippen LogP contribution in [0.2, 0.25) is 0 Å². The molecule has 0 heterocycles. The third-order valence-electron chi connectivity index (χ3n) is 4.08. The molecule has 2 N–H and O–H groups in total. The smallest absolute Gasteiger partial charge is 0.0696 e. The van der Waals surface area contributed by atoms with Crippen molar-refractivity contribution in [1.29, 1.82) is 0 Å². The highest BCUT2D eigenvalue weighted by atomic mass is 16.3. The Bertz CT molecular complexity index is 550. The van der Waals surface area contributed by atoms with Gasteiger partial charge in [0.15, 0.2) is 0 Å². The zero-order chi connectivity index (χ0) is 15.1. The lowest BCUT2D eigenvalue weighted by molar-refractivity contribution is 0.0592. The van der Waals surface area contributed by atoms with E-state index in [9.17, 15) is 10.2 Å². The predicted molar refractivity (Wildman–Crippen MR) is 86.2 cm³/mol. The molecular formula is C19H22O2. The van der Waals surface area contributed by atoms with E-state index in [1.807, 2.05) is 60.7 Å². The summed E-state index contributed by atoms with van der Waals surface area (Å²) in [5, 5.41) is 20.5. The van der Waals surface area contributed by atoms with Gasteiger partial charge in [0.25, 0.3) is 0 Å². The van der Waals surface area contributed by atoms with Crippen molar-refractivity contribution in [3.8, 4) is 0 Å². The number of aliphatic hydroxyl groups is 2. The fourth-order valence-electron chi connectivity index (χ4n) is 2.66. The Labute approximate surface area is 126 Å². The highest BCUT2D eigenvalue weighted by molar-refractivity contribution is 5.32. The summed E-state index contributed by atoms with van der Waals surface area (Å²) >= 11 is 0. The third kappa shape index (κ3) is 3.41. The molecule has 0 bridgehead atoms. The van der Waals surface area contributed by atoms with E-state index in [0.29, 0.717) is 6.42 Å². The molecule has 0 amide bonds. The fraction of sp³-hybridized carbons (Fsp3) is 0.263. The summed E-state index contributed by atoms with van der Waals surface area (Å²) in [7, 11) is 0. The van der Waals surface area contributed by atoms with Crippen LogP contribution in [0.15, 0.2) is 73.3 Å². The van der Waals surface area contributed by atoms with Crippen LogP contribution in [0.25, 0.3) is 0 Å². The van der Waals surface area contributed by atoms with Crippen LogP contribution in [0.5, 0.6) is 0 Å². The molecule has 0 aliphatic rings. The summed E-state index contributed by atoms with van der Waals surface area (Å²) < 4.78 is 0. The Morgan fingerprint density at radius 3 is 2.10 bits per heavy atom. The highest BCUT2D eigenvalue weighted by Gasteiger charge is 2.35. The van der Waals surface area contributed by atoms with Crippen LogP contribution in [0.1, 0.15) is 17.5 Å². The van der Waals surface area contributed by atoms with Gasteiger partial charge in [-0.25, -0.2) is 0 Å². The van der Waals surface area contributed by atoms with E-state index in [4.69, 9.17) is 0 Å². The van der Waals surface area contributed by atoms with Crippen molar-refractivity contribution < 1.29 is 10.2 Å². The number of hydrogen-bond donors (Lipinski definition) is 2. The normalized spacial score (nSPS) is 15.1. The van der Waals surface area contributed by atoms with Gasteiger partial charge in [-0.1, -0.05) is 66.7 Å². The lowest BCUT2D eigenvalue weighted by Crippen LogP contribution is -2.41. The third-order valence-corrected chi connectivity index (χ3v) is 4.08. The van der Waals surface area contributed by atoms with Crippen LogP contribution in [-0.4, -0.2) is 22.9 Å². The molecule has 2 atom stereocenters. The van der Waals surface area contributed by atoms with Gasteiger partial charge in [0, 0.05) is 0 Å². The molecule has 0 fully saturated rings. The van der Waals surface area contributed by atoms with Gasteiger partial charge in [0.2, 0.25) is 0 Å². The van der Waals surface area contributed by atoms with Crippen molar-refractivity contribution in [3.05, 3.63) is 84.4 Å². The molecule has 0 saturated heterocycles. The van der Waals surface area contributed by atoms with Crippen molar-refractivity contribution in [2.24, 2.45) is 0 Å². The Morgan fingerprint density at radius 1 is 1.00 bits per heavy atom. The SMILES string of the molecule is C=C[C@](CO)(c1ccccc1)[C@H](O)CCc1ccccc1. The number of aliphatic hydroxyl groups excluding tert-OH is 2. The van der Waals surface area contributed by atoms with Crippen molar-refractivity contribution in [2.75, 3.05) is 6.61 Å². The van der Waals surface area contributed by atoms with Crippen LogP contribution in [0.3, 0.4) is 0 Å². The number of benzene rings is 2. The van der Waals surface area contributed by atoms with Crippen molar-refractivity contribution in [2.45, 2.75) is 24.4 Å². The molecule has 0 spiro atoms. The second-order valence-electron chi connectivity index (χ2n) is 5.31. The minimum absolute atomic E-state index is 0.156. The van der Waals surface area contributed by atoms with E-state index in [-0.39, 0.29) is 6.61 Å². The number of hydrogen-bond acceptors (Lipinski definition) is 2. The first-order chi connectivity index (χ1) is 10.2. The molecule has 110 valence electrons. The molecule has 0 unspecified atom stereocenters. The molecule has 2 aromatic rings. The lowest BCUT2D eigenvalue weighted by Gasteiger charge is -2.34. The van der Waals surface area contributed by atoms with E-state index >= 15 is 0 Å². The van der Waals surface area contributed by atoms with Crippen molar-refractivity contribution >= 4 is 0 Å². The first-order valence-corrected chi connectivity index (χ1v) is 7.25. The van der Waals surface area contributed by atoms with E-state index in [1.54, 1.807) is 6.08 Å². The highest BCUT2D eigenvalue weighted by Crippen LogP contribution is 2.31. The van der Waals surface area contributed by atoms with Gasteiger partial charge in [-0.05, 0) is 24.0 Å². The molecule has 0 radical (unpaired) electrons. The Morgan fingerprint density at radius 2 is 1.57 bits per heavy atom. The molecule has 21 heavy (non-hydrogen) atoms. The summed E-state index contributed by atoms with van der Waals surface area (Å²) in [4.78, 5) is 0. The molecule has 0 saturated carbocycles. The van der Waals surface area contributed by atoms with E-state index < -0.39 is 11.5 Å². The Hall–Kier alpha value is -1.90. The Kier molecular flexibility index (Phi) is 5.32. The van der Waals surface area contributed by atoms with Gasteiger partial charge in [-0.3, -0.25) is 0 Å². The molecule has 2 rings (SSSR count). The van der Waals surface area contributed by atoms with Crippen LogP contribution in [-0.2, 0) is 11.8 Å². The molecule has 2 nitrogen and oxygen atoms in total. The fourth-order valence-corrected chi connectivity index (χ4v) is 2.66. The van der Waals surface area contributed by atoms with Crippen LogP contribution >= 0.6 is 0 Å². The number of rotatable bonds is 7. The summed E-state index contributed by atoms with van der Waals surface area (Å²) in [6.07, 6.45) is 2.33. The summed E-state index contributed by atoms with van der Waals surface area (Å²) in [6.45, 7) is 3.68. The molecule has 2 heteroatoms. The van der Waals surface area contributed by atoms with E-state index in [0.717, 1.165) is 12.0 Å². The van der Waals surface area contributed by atoms with Gasteiger partial charge in [-0.2, -0.15) is 0 Å². The second-order valence-corrected chi connectivity index (χ2v) is 5.31. The quantitative estimate of drug-likeness (QED) is 0.766. The molecular weight excluding hydrogens is 260 g/mol. The van der Waals surface area contributed by atoms with Crippen molar-refractivity contribution in [1.82, 2.24) is 0 Å². The maximum absolute atomic E-state index is 10.6. The standard InChI is InChI=1S/C19H22O2/c1-2-19(15-20,17-11-7-4-8-12-17)18(21)14-13-16-9-5-3-6-10-16/h2-12,18,20-21H,1,13-15H2/t18-,19+/m1/s1. The minimum Gasteiger partial charge on any atom is -0.395 e. The van der Waals surface area contributed by atoms with Crippen LogP contribution in [0, 0.1) is 0 Å². The van der Waals surface area contributed by atoms with Gasteiger partial charge in [-0.15, -0.1) is 6.58 Å².